The Hall–Kier alpha value is -2.40. The minimum absolute atomic E-state index is 0.146. The fraction of sp³-hybridized carbons (Fsp3) is 0.250. The van der Waals surface area contributed by atoms with E-state index in [0.29, 0.717) is 5.65 Å². The second-order valence-corrected chi connectivity index (χ2v) is 5.57. The van der Waals surface area contributed by atoms with Crippen LogP contribution in [0.5, 0.6) is 0 Å². The molecule has 4 rings (SSSR count). The van der Waals surface area contributed by atoms with Crippen LogP contribution in [0.25, 0.3) is 22.3 Å². The Morgan fingerprint density at radius 2 is 2.14 bits per heavy atom. The Bertz CT molecular complexity index is 877. The number of imidazole rings is 1. The summed E-state index contributed by atoms with van der Waals surface area (Å²) in [6, 6.07) is 8.45. The average molecular weight is 280 g/mol. The quantitative estimate of drug-likeness (QED) is 0.639. The van der Waals surface area contributed by atoms with Crippen LogP contribution in [0, 0.1) is 0 Å². The number of aromatic amines is 2. The standard InChI is InChI=1S/C16H16N4O/c17-13-3-1-2-9-8-10(4-5-11(9)13)12-6-7-18-15-14(12)19-16(21)20-15/h4-8,13H,1-3,17H2,(H2,18,19,20,21). The molecule has 4 N–H and O–H groups in total. The van der Waals surface area contributed by atoms with Crippen molar-refractivity contribution in [1.82, 2.24) is 15.0 Å². The van der Waals surface area contributed by atoms with Gasteiger partial charge in [0.25, 0.3) is 0 Å². The van der Waals surface area contributed by atoms with Crippen molar-refractivity contribution in [2.45, 2.75) is 25.3 Å². The summed E-state index contributed by atoms with van der Waals surface area (Å²) < 4.78 is 0. The summed E-state index contributed by atoms with van der Waals surface area (Å²) in [6.45, 7) is 0. The third kappa shape index (κ3) is 1.97. The first-order chi connectivity index (χ1) is 10.2. The Labute approximate surface area is 121 Å². The van der Waals surface area contributed by atoms with Crippen LogP contribution in [-0.4, -0.2) is 15.0 Å². The van der Waals surface area contributed by atoms with E-state index in [1.54, 1.807) is 6.20 Å². The zero-order valence-corrected chi connectivity index (χ0v) is 11.5. The third-order valence-corrected chi connectivity index (χ3v) is 4.24. The summed E-state index contributed by atoms with van der Waals surface area (Å²) >= 11 is 0. The molecule has 2 aromatic heterocycles. The van der Waals surface area contributed by atoms with E-state index in [4.69, 9.17) is 5.73 Å². The van der Waals surface area contributed by atoms with Crippen LogP contribution in [0.1, 0.15) is 30.0 Å². The van der Waals surface area contributed by atoms with Crippen molar-refractivity contribution in [3.05, 3.63) is 52.1 Å². The molecule has 0 saturated carbocycles. The molecule has 0 fully saturated rings. The maximum absolute atomic E-state index is 11.5. The molecule has 1 aliphatic rings. The molecule has 1 atom stereocenters. The van der Waals surface area contributed by atoms with Crippen LogP contribution < -0.4 is 11.4 Å². The van der Waals surface area contributed by atoms with E-state index in [1.165, 1.54) is 11.1 Å². The molecule has 0 radical (unpaired) electrons. The Kier molecular flexibility index (Phi) is 2.68. The van der Waals surface area contributed by atoms with Crippen molar-refractivity contribution in [2.24, 2.45) is 5.73 Å². The second-order valence-electron chi connectivity index (χ2n) is 5.57. The van der Waals surface area contributed by atoms with Gasteiger partial charge in [-0.05, 0) is 42.0 Å². The summed E-state index contributed by atoms with van der Waals surface area (Å²) in [5, 5.41) is 0. The first-order valence-electron chi connectivity index (χ1n) is 7.18. The number of nitrogens with zero attached hydrogens (tertiary/aromatic N) is 1. The molecule has 0 spiro atoms. The normalized spacial score (nSPS) is 17.9. The monoisotopic (exact) mass is 280 g/mol. The van der Waals surface area contributed by atoms with Gasteiger partial charge in [0.2, 0.25) is 0 Å². The lowest BCUT2D eigenvalue weighted by Crippen LogP contribution is -2.17. The number of rotatable bonds is 1. The van der Waals surface area contributed by atoms with Crippen molar-refractivity contribution in [2.75, 3.05) is 0 Å². The van der Waals surface area contributed by atoms with Gasteiger partial charge < -0.3 is 10.7 Å². The summed E-state index contributed by atoms with van der Waals surface area (Å²) in [5.74, 6) is 0. The number of benzene rings is 1. The molecule has 5 heteroatoms. The minimum Gasteiger partial charge on any atom is -0.324 e. The fourth-order valence-corrected chi connectivity index (χ4v) is 3.20. The average Bonchev–Trinajstić information content (AvgIpc) is 2.87. The van der Waals surface area contributed by atoms with Crippen LogP contribution in [0.2, 0.25) is 0 Å². The van der Waals surface area contributed by atoms with Crippen LogP contribution in [0.15, 0.2) is 35.3 Å². The van der Waals surface area contributed by atoms with Crippen molar-refractivity contribution in [3.63, 3.8) is 0 Å². The zero-order valence-electron chi connectivity index (χ0n) is 11.5. The number of pyridine rings is 1. The summed E-state index contributed by atoms with van der Waals surface area (Å²) in [5.41, 5.74) is 11.9. The van der Waals surface area contributed by atoms with Crippen molar-refractivity contribution in [3.8, 4) is 11.1 Å². The highest BCUT2D eigenvalue weighted by Gasteiger charge is 2.17. The van der Waals surface area contributed by atoms with Gasteiger partial charge >= 0.3 is 5.69 Å². The third-order valence-electron chi connectivity index (χ3n) is 4.24. The first kappa shape index (κ1) is 12.3. The largest absolute Gasteiger partial charge is 0.325 e. The topological polar surface area (TPSA) is 87.6 Å². The van der Waals surface area contributed by atoms with E-state index in [0.717, 1.165) is 35.9 Å². The molecular formula is C16H16N4O. The molecule has 5 nitrogen and oxygen atoms in total. The zero-order chi connectivity index (χ0) is 14.4. The number of nitrogens with two attached hydrogens (primary N) is 1. The van der Waals surface area contributed by atoms with Gasteiger partial charge in [-0.25, -0.2) is 9.78 Å². The summed E-state index contributed by atoms with van der Waals surface area (Å²) in [4.78, 5) is 21.2. The Balaban J connectivity index is 1.91. The number of aryl methyl sites for hydroxylation is 1. The van der Waals surface area contributed by atoms with Gasteiger partial charge in [0.1, 0.15) is 0 Å². The molecule has 3 aromatic rings. The van der Waals surface area contributed by atoms with E-state index in [-0.39, 0.29) is 11.7 Å². The fourth-order valence-electron chi connectivity index (χ4n) is 3.20. The van der Waals surface area contributed by atoms with Crippen molar-refractivity contribution in [1.29, 1.82) is 0 Å². The minimum atomic E-state index is -0.232. The number of H-pyrrole nitrogens is 2. The predicted octanol–water partition coefficient (Wildman–Crippen LogP) is 2.25. The molecule has 2 heterocycles. The molecule has 106 valence electrons. The van der Waals surface area contributed by atoms with Crippen molar-refractivity contribution >= 4 is 11.2 Å². The van der Waals surface area contributed by atoms with Gasteiger partial charge in [-0.1, -0.05) is 18.2 Å². The molecule has 0 aliphatic heterocycles. The van der Waals surface area contributed by atoms with Gasteiger partial charge in [0, 0.05) is 17.8 Å². The first-order valence-corrected chi connectivity index (χ1v) is 7.18. The molecule has 1 aromatic carbocycles. The molecule has 1 unspecified atom stereocenters. The Morgan fingerprint density at radius 1 is 1.24 bits per heavy atom. The van der Waals surface area contributed by atoms with Crippen molar-refractivity contribution < 1.29 is 0 Å². The SMILES string of the molecule is NC1CCCc2cc(-c3ccnc4[nH]c(=O)[nH]c34)ccc21. The maximum atomic E-state index is 11.5. The molecule has 21 heavy (non-hydrogen) atoms. The number of aromatic nitrogens is 3. The van der Waals surface area contributed by atoms with Gasteiger partial charge in [-0.2, -0.15) is 0 Å². The lowest BCUT2D eigenvalue weighted by atomic mass is 9.86. The lowest BCUT2D eigenvalue weighted by molar-refractivity contribution is 0.570. The van der Waals surface area contributed by atoms with Crippen LogP contribution in [0.4, 0.5) is 0 Å². The predicted molar refractivity (Wildman–Crippen MR) is 82.0 cm³/mol. The lowest BCUT2D eigenvalue weighted by Gasteiger charge is -2.22. The van der Waals surface area contributed by atoms with E-state index in [1.807, 2.05) is 6.07 Å². The van der Waals surface area contributed by atoms with E-state index < -0.39 is 0 Å². The van der Waals surface area contributed by atoms with E-state index in [2.05, 4.69) is 33.2 Å². The van der Waals surface area contributed by atoms with E-state index >= 15 is 0 Å². The number of nitrogens with one attached hydrogen (secondary N) is 2. The van der Waals surface area contributed by atoms with Gasteiger partial charge in [-0.15, -0.1) is 0 Å². The highest BCUT2D eigenvalue weighted by atomic mass is 16.1. The van der Waals surface area contributed by atoms with Gasteiger partial charge in [-0.3, -0.25) is 4.98 Å². The van der Waals surface area contributed by atoms with Crippen LogP contribution >= 0.6 is 0 Å². The number of hydrogen-bond donors (Lipinski definition) is 3. The Morgan fingerprint density at radius 3 is 3.05 bits per heavy atom. The maximum Gasteiger partial charge on any atom is 0.325 e. The van der Waals surface area contributed by atoms with Gasteiger partial charge in [0.15, 0.2) is 5.65 Å². The highest BCUT2D eigenvalue weighted by Crippen LogP contribution is 2.32. The molecule has 0 saturated heterocycles. The molecule has 0 bridgehead atoms. The number of hydrogen-bond acceptors (Lipinski definition) is 3. The van der Waals surface area contributed by atoms with Crippen LogP contribution in [0.3, 0.4) is 0 Å². The summed E-state index contributed by atoms with van der Waals surface area (Å²) in [7, 11) is 0. The molecular weight excluding hydrogens is 264 g/mol. The van der Waals surface area contributed by atoms with Gasteiger partial charge in [0.05, 0.1) is 5.52 Å². The second kappa shape index (κ2) is 4.56. The highest BCUT2D eigenvalue weighted by molar-refractivity contribution is 5.89. The van der Waals surface area contributed by atoms with E-state index in [9.17, 15) is 4.79 Å². The molecule has 0 amide bonds. The van der Waals surface area contributed by atoms with Crippen LogP contribution in [-0.2, 0) is 6.42 Å². The number of fused-ring (bicyclic) bond motifs is 2. The molecule has 1 aliphatic carbocycles. The summed E-state index contributed by atoms with van der Waals surface area (Å²) in [6.07, 6.45) is 4.96. The smallest absolute Gasteiger partial charge is 0.324 e.